The SMILES string of the molecule is O=S(=O)(Nc1ccc2c(c1)CCN2)c1ccc(Br)c(F)c1. The summed E-state index contributed by atoms with van der Waals surface area (Å²) in [4.78, 5) is -0.109. The molecular formula is C14H12BrFN2O2S. The summed E-state index contributed by atoms with van der Waals surface area (Å²) >= 11 is 3.00. The molecule has 0 saturated carbocycles. The van der Waals surface area contributed by atoms with Gasteiger partial charge in [-0.15, -0.1) is 0 Å². The predicted octanol–water partition coefficient (Wildman–Crippen LogP) is 3.36. The highest BCUT2D eigenvalue weighted by molar-refractivity contribution is 9.10. The van der Waals surface area contributed by atoms with Crippen LogP contribution in [0.25, 0.3) is 0 Å². The Labute approximate surface area is 130 Å². The maximum absolute atomic E-state index is 13.5. The first-order valence-electron chi connectivity index (χ1n) is 6.30. The zero-order valence-electron chi connectivity index (χ0n) is 10.9. The number of hydrogen-bond acceptors (Lipinski definition) is 3. The summed E-state index contributed by atoms with van der Waals surface area (Å²) in [6, 6.07) is 9.02. The molecule has 7 heteroatoms. The van der Waals surface area contributed by atoms with Crippen molar-refractivity contribution in [2.45, 2.75) is 11.3 Å². The fourth-order valence-corrected chi connectivity index (χ4v) is 3.53. The van der Waals surface area contributed by atoms with Crippen molar-refractivity contribution in [1.82, 2.24) is 0 Å². The van der Waals surface area contributed by atoms with E-state index in [9.17, 15) is 12.8 Å². The highest BCUT2D eigenvalue weighted by Gasteiger charge is 2.17. The van der Waals surface area contributed by atoms with Gasteiger partial charge in [0.15, 0.2) is 0 Å². The zero-order valence-corrected chi connectivity index (χ0v) is 13.3. The van der Waals surface area contributed by atoms with Crippen LogP contribution in [0.4, 0.5) is 15.8 Å². The van der Waals surface area contributed by atoms with E-state index in [0.29, 0.717) is 5.69 Å². The van der Waals surface area contributed by atoms with E-state index in [4.69, 9.17) is 0 Å². The second-order valence-electron chi connectivity index (χ2n) is 4.73. The van der Waals surface area contributed by atoms with Crippen molar-refractivity contribution in [2.75, 3.05) is 16.6 Å². The third kappa shape index (κ3) is 2.89. The van der Waals surface area contributed by atoms with Crippen LogP contribution in [0, 0.1) is 5.82 Å². The second kappa shape index (κ2) is 5.31. The average molecular weight is 371 g/mol. The van der Waals surface area contributed by atoms with Gasteiger partial charge in [-0.05, 0) is 64.3 Å². The molecule has 0 bridgehead atoms. The van der Waals surface area contributed by atoms with Crippen LogP contribution in [0.3, 0.4) is 0 Å². The summed E-state index contributed by atoms with van der Waals surface area (Å²) in [6.07, 6.45) is 0.859. The Morgan fingerprint density at radius 1 is 1.19 bits per heavy atom. The molecule has 2 aromatic carbocycles. The quantitative estimate of drug-likeness (QED) is 0.870. The predicted molar refractivity (Wildman–Crippen MR) is 83.5 cm³/mol. The lowest BCUT2D eigenvalue weighted by Crippen LogP contribution is -2.13. The first-order valence-corrected chi connectivity index (χ1v) is 8.58. The standard InChI is InChI=1S/C14H12BrFN2O2S/c15-12-3-2-11(8-13(12)16)21(19,20)18-10-1-4-14-9(7-10)5-6-17-14/h1-4,7-8,17-18H,5-6H2. The summed E-state index contributed by atoms with van der Waals surface area (Å²) in [6.45, 7) is 0.851. The van der Waals surface area contributed by atoms with E-state index in [-0.39, 0.29) is 9.37 Å². The molecule has 0 atom stereocenters. The number of fused-ring (bicyclic) bond motifs is 1. The van der Waals surface area contributed by atoms with Gasteiger partial charge in [0.2, 0.25) is 0 Å². The molecule has 0 unspecified atom stereocenters. The summed E-state index contributed by atoms with van der Waals surface area (Å²) in [5, 5.41) is 3.20. The van der Waals surface area contributed by atoms with Gasteiger partial charge in [0, 0.05) is 17.9 Å². The van der Waals surface area contributed by atoms with E-state index >= 15 is 0 Å². The molecule has 2 aromatic rings. The normalized spacial score (nSPS) is 13.6. The van der Waals surface area contributed by atoms with E-state index in [0.717, 1.165) is 30.3 Å². The Kier molecular flexibility index (Phi) is 3.62. The molecule has 3 rings (SSSR count). The van der Waals surface area contributed by atoms with Crippen molar-refractivity contribution in [1.29, 1.82) is 0 Å². The van der Waals surface area contributed by atoms with E-state index in [1.54, 1.807) is 12.1 Å². The fourth-order valence-electron chi connectivity index (χ4n) is 2.23. The van der Waals surface area contributed by atoms with Gasteiger partial charge in [0.05, 0.1) is 9.37 Å². The van der Waals surface area contributed by atoms with Crippen LogP contribution in [0.1, 0.15) is 5.56 Å². The molecule has 0 aliphatic carbocycles. The van der Waals surface area contributed by atoms with Gasteiger partial charge in [-0.25, -0.2) is 12.8 Å². The van der Waals surface area contributed by atoms with Gasteiger partial charge >= 0.3 is 0 Å². The molecule has 21 heavy (non-hydrogen) atoms. The van der Waals surface area contributed by atoms with Crippen LogP contribution in [0.15, 0.2) is 45.8 Å². The third-order valence-electron chi connectivity index (χ3n) is 3.27. The smallest absolute Gasteiger partial charge is 0.261 e. The van der Waals surface area contributed by atoms with Crippen molar-refractivity contribution >= 4 is 37.3 Å². The van der Waals surface area contributed by atoms with Gasteiger partial charge in [0.1, 0.15) is 5.82 Å². The minimum Gasteiger partial charge on any atom is -0.384 e. The fraction of sp³-hybridized carbons (Fsp3) is 0.143. The lowest BCUT2D eigenvalue weighted by molar-refractivity contribution is 0.593. The summed E-state index contributed by atoms with van der Waals surface area (Å²) in [5.41, 5.74) is 2.56. The molecule has 0 radical (unpaired) electrons. The molecule has 110 valence electrons. The molecular weight excluding hydrogens is 359 g/mol. The number of benzene rings is 2. The van der Waals surface area contributed by atoms with Gasteiger partial charge in [0.25, 0.3) is 10.0 Å². The minimum absolute atomic E-state index is 0.109. The Bertz CT molecular complexity index is 809. The number of nitrogens with one attached hydrogen (secondary N) is 2. The molecule has 0 fully saturated rings. The lowest BCUT2D eigenvalue weighted by atomic mass is 10.1. The maximum atomic E-state index is 13.5. The molecule has 1 aliphatic heterocycles. The average Bonchev–Trinajstić information content (AvgIpc) is 2.88. The minimum atomic E-state index is -3.80. The number of rotatable bonds is 3. The van der Waals surface area contributed by atoms with Crippen molar-refractivity contribution < 1.29 is 12.8 Å². The van der Waals surface area contributed by atoms with E-state index in [1.807, 2.05) is 6.07 Å². The molecule has 4 nitrogen and oxygen atoms in total. The van der Waals surface area contributed by atoms with Gasteiger partial charge in [-0.3, -0.25) is 4.72 Å². The number of hydrogen-bond donors (Lipinski definition) is 2. The number of halogens is 2. The van der Waals surface area contributed by atoms with Crippen molar-refractivity contribution in [3.8, 4) is 0 Å². The summed E-state index contributed by atoms with van der Waals surface area (Å²) in [7, 11) is -3.80. The van der Waals surface area contributed by atoms with Crippen LogP contribution >= 0.6 is 15.9 Å². The van der Waals surface area contributed by atoms with Crippen LogP contribution in [0.5, 0.6) is 0 Å². The topological polar surface area (TPSA) is 58.2 Å². The maximum Gasteiger partial charge on any atom is 0.261 e. The van der Waals surface area contributed by atoms with Crippen LogP contribution in [-0.4, -0.2) is 15.0 Å². The van der Waals surface area contributed by atoms with Crippen molar-refractivity contribution in [3.05, 3.63) is 52.3 Å². The second-order valence-corrected chi connectivity index (χ2v) is 7.27. The molecule has 0 saturated heterocycles. The molecule has 0 spiro atoms. The Morgan fingerprint density at radius 2 is 2.00 bits per heavy atom. The lowest BCUT2D eigenvalue weighted by Gasteiger charge is -2.10. The Morgan fingerprint density at radius 3 is 2.76 bits per heavy atom. The largest absolute Gasteiger partial charge is 0.384 e. The molecule has 0 amide bonds. The zero-order chi connectivity index (χ0) is 15.0. The van der Waals surface area contributed by atoms with Crippen molar-refractivity contribution in [2.24, 2.45) is 0 Å². The van der Waals surface area contributed by atoms with E-state index in [2.05, 4.69) is 26.0 Å². The van der Waals surface area contributed by atoms with Crippen LogP contribution < -0.4 is 10.0 Å². The first-order chi connectivity index (χ1) is 9.95. The monoisotopic (exact) mass is 370 g/mol. The number of sulfonamides is 1. The molecule has 1 aliphatic rings. The van der Waals surface area contributed by atoms with Crippen LogP contribution in [-0.2, 0) is 16.4 Å². The van der Waals surface area contributed by atoms with Crippen molar-refractivity contribution in [3.63, 3.8) is 0 Å². The Balaban J connectivity index is 1.90. The van der Waals surface area contributed by atoms with E-state index < -0.39 is 15.8 Å². The molecule has 0 aromatic heterocycles. The molecule has 2 N–H and O–H groups in total. The third-order valence-corrected chi connectivity index (χ3v) is 5.29. The first kappa shape index (κ1) is 14.3. The number of anilines is 2. The van der Waals surface area contributed by atoms with Crippen LogP contribution in [0.2, 0.25) is 0 Å². The van der Waals surface area contributed by atoms with E-state index in [1.165, 1.54) is 12.1 Å². The highest BCUT2D eigenvalue weighted by atomic mass is 79.9. The summed E-state index contributed by atoms with van der Waals surface area (Å²) in [5.74, 6) is -0.615. The van der Waals surface area contributed by atoms with Gasteiger partial charge in [-0.2, -0.15) is 0 Å². The highest BCUT2D eigenvalue weighted by Crippen LogP contribution is 2.27. The Hall–Kier alpha value is -1.60. The van der Waals surface area contributed by atoms with Gasteiger partial charge in [-0.1, -0.05) is 0 Å². The molecule has 1 heterocycles. The van der Waals surface area contributed by atoms with Gasteiger partial charge < -0.3 is 5.32 Å². The summed E-state index contributed by atoms with van der Waals surface area (Å²) < 4.78 is 40.7.